The van der Waals surface area contributed by atoms with Crippen LogP contribution in [-0.4, -0.2) is 43.6 Å². The molecule has 2 aromatic heterocycles. The highest BCUT2D eigenvalue weighted by molar-refractivity contribution is 5.92. The van der Waals surface area contributed by atoms with Crippen molar-refractivity contribution in [3.63, 3.8) is 0 Å². The van der Waals surface area contributed by atoms with Gasteiger partial charge in [0.1, 0.15) is 11.5 Å². The Morgan fingerprint density at radius 2 is 1.64 bits per heavy atom. The molecule has 1 aliphatic heterocycles. The van der Waals surface area contributed by atoms with Gasteiger partial charge < -0.3 is 9.88 Å². The minimum atomic E-state index is -0.206. The largest absolute Gasteiger partial charge is 0.343 e. The standard InChI is InChI=1S/C26H26N6O/c33-26(23-8-4-5-14-27-23)28-18-25-30-29-24-13-15-31(16-17-32(24)25)19-20-9-11-22(12-10-20)21-6-2-1-3-7-21/h1-12,14H,13,15-19H2,(H,28,33). The van der Waals surface area contributed by atoms with Crippen LogP contribution in [0.5, 0.6) is 0 Å². The molecule has 1 amide bonds. The van der Waals surface area contributed by atoms with Gasteiger partial charge in [-0.2, -0.15) is 0 Å². The second kappa shape index (κ2) is 9.75. The van der Waals surface area contributed by atoms with Crippen LogP contribution in [0.2, 0.25) is 0 Å². The third-order valence-corrected chi connectivity index (χ3v) is 5.97. The molecule has 33 heavy (non-hydrogen) atoms. The van der Waals surface area contributed by atoms with Gasteiger partial charge in [0.05, 0.1) is 6.54 Å². The summed E-state index contributed by atoms with van der Waals surface area (Å²) in [5.41, 5.74) is 4.17. The molecule has 7 heteroatoms. The topological polar surface area (TPSA) is 75.9 Å². The van der Waals surface area contributed by atoms with Crippen LogP contribution in [-0.2, 0) is 26.1 Å². The highest BCUT2D eigenvalue weighted by atomic mass is 16.1. The third-order valence-electron chi connectivity index (χ3n) is 5.97. The third kappa shape index (κ3) is 4.99. The average molecular weight is 439 g/mol. The van der Waals surface area contributed by atoms with E-state index in [0.717, 1.165) is 44.2 Å². The monoisotopic (exact) mass is 438 g/mol. The molecule has 1 N–H and O–H groups in total. The maximum absolute atomic E-state index is 12.3. The average Bonchev–Trinajstić information content (AvgIpc) is 3.16. The lowest BCUT2D eigenvalue weighted by Gasteiger charge is -2.20. The predicted molar refractivity (Wildman–Crippen MR) is 126 cm³/mol. The number of carbonyl (C=O) groups excluding carboxylic acids is 1. The van der Waals surface area contributed by atoms with E-state index < -0.39 is 0 Å². The van der Waals surface area contributed by atoms with Crippen LogP contribution in [0, 0.1) is 0 Å². The van der Waals surface area contributed by atoms with E-state index in [1.807, 2.05) is 6.07 Å². The Labute approximate surface area is 193 Å². The van der Waals surface area contributed by atoms with Crippen molar-refractivity contribution in [1.82, 2.24) is 30.0 Å². The van der Waals surface area contributed by atoms with Gasteiger partial charge in [-0.3, -0.25) is 14.7 Å². The van der Waals surface area contributed by atoms with Gasteiger partial charge in [0.25, 0.3) is 5.91 Å². The van der Waals surface area contributed by atoms with Gasteiger partial charge in [-0.15, -0.1) is 10.2 Å². The summed E-state index contributed by atoms with van der Waals surface area (Å²) in [6.45, 7) is 3.88. The summed E-state index contributed by atoms with van der Waals surface area (Å²) in [5.74, 6) is 1.55. The lowest BCUT2D eigenvalue weighted by atomic mass is 10.0. The Morgan fingerprint density at radius 1 is 0.848 bits per heavy atom. The van der Waals surface area contributed by atoms with Gasteiger partial charge in [-0.1, -0.05) is 60.7 Å². The number of amides is 1. The van der Waals surface area contributed by atoms with E-state index in [-0.39, 0.29) is 5.91 Å². The fourth-order valence-electron chi connectivity index (χ4n) is 4.15. The number of nitrogens with zero attached hydrogens (tertiary/aromatic N) is 5. The minimum Gasteiger partial charge on any atom is -0.343 e. The highest BCUT2D eigenvalue weighted by Gasteiger charge is 2.19. The first kappa shape index (κ1) is 21.0. The Balaban J connectivity index is 1.18. The molecule has 2 aromatic carbocycles. The van der Waals surface area contributed by atoms with Crippen molar-refractivity contribution in [3.8, 4) is 11.1 Å². The molecule has 0 saturated carbocycles. The number of hydrogen-bond donors (Lipinski definition) is 1. The molecule has 0 spiro atoms. The molecule has 5 rings (SSSR count). The first-order chi connectivity index (χ1) is 16.3. The van der Waals surface area contributed by atoms with E-state index in [9.17, 15) is 4.79 Å². The lowest BCUT2D eigenvalue weighted by Crippen LogP contribution is -2.28. The highest BCUT2D eigenvalue weighted by Crippen LogP contribution is 2.20. The van der Waals surface area contributed by atoms with Crippen LogP contribution in [0.1, 0.15) is 27.7 Å². The molecule has 0 atom stereocenters. The van der Waals surface area contributed by atoms with Crippen LogP contribution < -0.4 is 5.32 Å². The van der Waals surface area contributed by atoms with Gasteiger partial charge in [-0.25, -0.2) is 0 Å². The molecule has 166 valence electrons. The fourth-order valence-corrected chi connectivity index (χ4v) is 4.15. The predicted octanol–water partition coefficient (Wildman–Crippen LogP) is 3.33. The van der Waals surface area contributed by atoms with Crippen LogP contribution >= 0.6 is 0 Å². The number of pyridine rings is 1. The van der Waals surface area contributed by atoms with Gasteiger partial charge in [0.15, 0.2) is 5.82 Å². The van der Waals surface area contributed by atoms with Gasteiger partial charge in [0, 0.05) is 38.8 Å². The molecule has 7 nitrogen and oxygen atoms in total. The zero-order valence-electron chi connectivity index (χ0n) is 18.4. The molecule has 1 aliphatic rings. The quantitative estimate of drug-likeness (QED) is 0.500. The lowest BCUT2D eigenvalue weighted by molar-refractivity contribution is 0.0944. The SMILES string of the molecule is O=C(NCc1nnc2n1CCN(Cc1ccc(-c3ccccc3)cc1)CC2)c1ccccn1. The molecule has 0 radical (unpaired) electrons. The van der Waals surface area contributed by atoms with E-state index in [4.69, 9.17) is 0 Å². The first-order valence-corrected chi connectivity index (χ1v) is 11.2. The molecule has 0 aliphatic carbocycles. The number of nitrogens with one attached hydrogen (secondary N) is 1. The van der Waals surface area contributed by atoms with E-state index in [1.165, 1.54) is 16.7 Å². The zero-order valence-corrected chi connectivity index (χ0v) is 18.4. The molecule has 0 unspecified atom stereocenters. The number of benzene rings is 2. The van der Waals surface area contributed by atoms with Crippen molar-refractivity contribution in [2.75, 3.05) is 13.1 Å². The van der Waals surface area contributed by atoms with Gasteiger partial charge in [-0.05, 0) is 28.8 Å². The molecule has 0 bridgehead atoms. The van der Waals surface area contributed by atoms with Crippen molar-refractivity contribution in [3.05, 3.63) is 102 Å². The molecular formula is C26H26N6O. The number of aromatic nitrogens is 4. The first-order valence-electron chi connectivity index (χ1n) is 11.2. The smallest absolute Gasteiger partial charge is 0.270 e. The second-order valence-electron chi connectivity index (χ2n) is 8.17. The Hall–Kier alpha value is -3.84. The molecule has 0 saturated heterocycles. The second-order valence-corrected chi connectivity index (χ2v) is 8.17. The number of carbonyl (C=O) groups is 1. The maximum atomic E-state index is 12.3. The summed E-state index contributed by atoms with van der Waals surface area (Å²) < 4.78 is 2.14. The van der Waals surface area contributed by atoms with E-state index in [0.29, 0.717) is 12.2 Å². The van der Waals surface area contributed by atoms with Crippen molar-refractivity contribution in [2.45, 2.75) is 26.1 Å². The molecule has 4 aromatic rings. The van der Waals surface area contributed by atoms with E-state index in [2.05, 4.69) is 78.5 Å². The van der Waals surface area contributed by atoms with Crippen LogP contribution in [0.3, 0.4) is 0 Å². The summed E-state index contributed by atoms with van der Waals surface area (Å²) in [6.07, 6.45) is 2.45. The summed E-state index contributed by atoms with van der Waals surface area (Å²) in [6, 6.07) is 24.5. The van der Waals surface area contributed by atoms with Gasteiger partial charge in [0.2, 0.25) is 0 Å². The minimum absolute atomic E-state index is 0.206. The summed E-state index contributed by atoms with van der Waals surface area (Å²) in [5, 5.41) is 11.6. The normalized spacial score (nSPS) is 13.8. The van der Waals surface area contributed by atoms with E-state index in [1.54, 1.807) is 24.4 Å². The number of fused-ring (bicyclic) bond motifs is 1. The van der Waals surface area contributed by atoms with Crippen molar-refractivity contribution < 1.29 is 4.79 Å². The number of rotatable bonds is 6. The summed E-state index contributed by atoms with van der Waals surface area (Å²) in [4.78, 5) is 18.8. The Bertz CT molecular complexity index is 1200. The van der Waals surface area contributed by atoms with Crippen LogP contribution in [0.25, 0.3) is 11.1 Å². The molecule has 3 heterocycles. The van der Waals surface area contributed by atoms with Crippen LogP contribution in [0.15, 0.2) is 79.0 Å². The van der Waals surface area contributed by atoms with Crippen molar-refractivity contribution in [2.24, 2.45) is 0 Å². The van der Waals surface area contributed by atoms with Crippen LogP contribution in [0.4, 0.5) is 0 Å². The zero-order chi connectivity index (χ0) is 22.5. The Morgan fingerprint density at radius 3 is 2.42 bits per heavy atom. The summed E-state index contributed by atoms with van der Waals surface area (Å²) in [7, 11) is 0. The Kier molecular flexibility index (Phi) is 6.21. The molecule has 0 fully saturated rings. The summed E-state index contributed by atoms with van der Waals surface area (Å²) >= 11 is 0. The van der Waals surface area contributed by atoms with Crippen molar-refractivity contribution in [1.29, 1.82) is 0 Å². The number of hydrogen-bond acceptors (Lipinski definition) is 5. The van der Waals surface area contributed by atoms with Crippen molar-refractivity contribution >= 4 is 5.91 Å². The maximum Gasteiger partial charge on any atom is 0.270 e. The van der Waals surface area contributed by atoms with Gasteiger partial charge >= 0.3 is 0 Å². The fraction of sp³-hybridized carbons (Fsp3) is 0.231. The molecular weight excluding hydrogens is 412 g/mol. The van der Waals surface area contributed by atoms with E-state index >= 15 is 0 Å².